The first-order chi connectivity index (χ1) is 9.56. The molecule has 0 aliphatic carbocycles. The van der Waals surface area contributed by atoms with Gasteiger partial charge in [-0.3, -0.25) is 4.79 Å². The first-order valence-electron chi connectivity index (χ1n) is 8.54. The summed E-state index contributed by atoms with van der Waals surface area (Å²) >= 11 is 0. The molecule has 0 aromatic carbocycles. The fraction of sp³-hybridized carbons (Fsp3) is 0.941. The fourth-order valence-electron chi connectivity index (χ4n) is 3.31. The van der Waals surface area contributed by atoms with Gasteiger partial charge >= 0.3 is 0 Å². The summed E-state index contributed by atoms with van der Waals surface area (Å²) in [6.45, 7) is 12.0. The van der Waals surface area contributed by atoms with Crippen LogP contribution in [0.1, 0.15) is 66.2 Å². The lowest BCUT2D eigenvalue weighted by molar-refractivity contribution is -0.122. The second-order valence-electron chi connectivity index (χ2n) is 6.63. The van der Waals surface area contributed by atoms with Crippen molar-refractivity contribution in [3.05, 3.63) is 0 Å². The zero-order chi connectivity index (χ0) is 15.0. The molecule has 118 valence electrons. The van der Waals surface area contributed by atoms with E-state index in [-0.39, 0.29) is 5.91 Å². The Morgan fingerprint density at radius 1 is 1.30 bits per heavy atom. The Morgan fingerprint density at radius 2 is 1.95 bits per heavy atom. The largest absolute Gasteiger partial charge is 0.356 e. The average Bonchev–Trinajstić information content (AvgIpc) is 2.50. The molecule has 1 rings (SSSR count). The molecule has 0 aromatic rings. The molecule has 3 nitrogen and oxygen atoms in total. The van der Waals surface area contributed by atoms with Crippen LogP contribution in [0.15, 0.2) is 0 Å². The molecular formula is C17H34N2O. The minimum absolute atomic E-state index is 0.239. The normalized spacial score (nSPS) is 21.5. The first-order valence-corrected chi connectivity index (χ1v) is 8.54. The van der Waals surface area contributed by atoms with Crippen LogP contribution in [0.25, 0.3) is 0 Å². The predicted molar refractivity (Wildman–Crippen MR) is 85.7 cm³/mol. The van der Waals surface area contributed by atoms with Gasteiger partial charge in [0.05, 0.1) is 0 Å². The number of hydrogen-bond donors (Lipinski definition) is 2. The molecule has 1 amide bonds. The van der Waals surface area contributed by atoms with Gasteiger partial charge in [-0.2, -0.15) is 0 Å². The smallest absolute Gasteiger partial charge is 0.220 e. The van der Waals surface area contributed by atoms with Crippen molar-refractivity contribution in [1.82, 2.24) is 10.6 Å². The molecule has 2 N–H and O–H groups in total. The number of carbonyl (C=O) groups excluding carboxylic acids is 1. The van der Waals surface area contributed by atoms with Crippen LogP contribution in [-0.4, -0.2) is 25.5 Å². The second kappa shape index (κ2) is 8.66. The van der Waals surface area contributed by atoms with Crippen LogP contribution in [0.3, 0.4) is 0 Å². The second-order valence-corrected chi connectivity index (χ2v) is 6.63. The standard InChI is InChI=1S/C17H34N2O/c1-5-17(6-2,7-3)13-19-16(20)11-14(4)15-9-8-10-18-12-15/h14-15,18H,5-13H2,1-4H3,(H,19,20). The first kappa shape index (κ1) is 17.5. The van der Waals surface area contributed by atoms with Crippen molar-refractivity contribution in [1.29, 1.82) is 0 Å². The highest BCUT2D eigenvalue weighted by molar-refractivity contribution is 5.76. The molecule has 1 aliphatic heterocycles. The van der Waals surface area contributed by atoms with Gasteiger partial charge in [0, 0.05) is 13.0 Å². The van der Waals surface area contributed by atoms with Gasteiger partial charge in [-0.1, -0.05) is 27.7 Å². The summed E-state index contributed by atoms with van der Waals surface area (Å²) in [4.78, 5) is 12.2. The number of piperidine rings is 1. The molecule has 1 fully saturated rings. The molecule has 3 heteroatoms. The Hall–Kier alpha value is -0.570. The van der Waals surface area contributed by atoms with Crippen molar-refractivity contribution < 1.29 is 4.79 Å². The highest BCUT2D eigenvalue weighted by Crippen LogP contribution is 2.29. The number of carbonyl (C=O) groups is 1. The van der Waals surface area contributed by atoms with Gasteiger partial charge in [0.25, 0.3) is 0 Å². The van der Waals surface area contributed by atoms with Crippen molar-refractivity contribution in [2.24, 2.45) is 17.3 Å². The van der Waals surface area contributed by atoms with Gasteiger partial charge < -0.3 is 10.6 Å². The van der Waals surface area contributed by atoms with Crippen LogP contribution < -0.4 is 10.6 Å². The van der Waals surface area contributed by atoms with Crippen molar-refractivity contribution in [3.63, 3.8) is 0 Å². The van der Waals surface area contributed by atoms with E-state index in [1.807, 2.05) is 0 Å². The van der Waals surface area contributed by atoms with Crippen molar-refractivity contribution >= 4 is 5.91 Å². The molecule has 2 atom stereocenters. The van der Waals surface area contributed by atoms with E-state index in [4.69, 9.17) is 0 Å². The lowest BCUT2D eigenvalue weighted by atomic mass is 9.79. The predicted octanol–water partition coefficient (Wildman–Crippen LogP) is 3.34. The number of nitrogens with one attached hydrogen (secondary N) is 2. The Labute approximate surface area is 125 Å². The molecule has 1 heterocycles. The van der Waals surface area contributed by atoms with E-state index in [1.54, 1.807) is 0 Å². The van der Waals surface area contributed by atoms with Crippen LogP contribution in [0.4, 0.5) is 0 Å². The summed E-state index contributed by atoms with van der Waals surface area (Å²) in [5.41, 5.74) is 0.297. The highest BCUT2D eigenvalue weighted by atomic mass is 16.1. The van der Waals surface area contributed by atoms with E-state index in [0.29, 0.717) is 23.7 Å². The zero-order valence-corrected chi connectivity index (χ0v) is 13.9. The lowest BCUT2D eigenvalue weighted by Crippen LogP contribution is -2.39. The molecule has 0 radical (unpaired) electrons. The quantitative estimate of drug-likeness (QED) is 0.717. The number of amides is 1. The Kier molecular flexibility index (Phi) is 7.57. The molecule has 1 saturated heterocycles. The van der Waals surface area contributed by atoms with Gasteiger partial charge in [-0.15, -0.1) is 0 Å². The van der Waals surface area contributed by atoms with Gasteiger partial charge in [0.1, 0.15) is 0 Å². The van der Waals surface area contributed by atoms with Crippen LogP contribution in [0, 0.1) is 17.3 Å². The van der Waals surface area contributed by atoms with Gasteiger partial charge in [0.2, 0.25) is 5.91 Å². The molecule has 0 spiro atoms. The maximum Gasteiger partial charge on any atom is 0.220 e. The fourth-order valence-corrected chi connectivity index (χ4v) is 3.31. The molecule has 1 aliphatic rings. The van der Waals surface area contributed by atoms with Gasteiger partial charge in [-0.05, 0) is 62.4 Å². The lowest BCUT2D eigenvalue weighted by Gasteiger charge is -2.31. The van der Waals surface area contributed by atoms with Crippen LogP contribution in [0.2, 0.25) is 0 Å². The zero-order valence-electron chi connectivity index (χ0n) is 13.9. The van der Waals surface area contributed by atoms with Crippen LogP contribution in [0.5, 0.6) is 0 Å². The van der Waals surface area contributed by atoms with Gasteiger partial charge in [-0.25, -0.2) is 0 Å². The van der Waals surface area contributed by atoms with E-state index in [9.17, 15) is 4.79 Å². The third-order valence-corrected chi connectivity index (χ3v) is 5.56. The third-order valence-electron chi connectivity index (χ3n) is 5.56. The third kappa shape index (κ3) is 5.08. The summed E-state index contributed by atoms with van der Waals surface area (Å²) in [7, 11) is 0. The van der Waals surface area contributed by atoms with Crippen molar-refractivity contribution in [3.8, 4) is 0 Å². The van der Waals surface area contributed by atoms with Crippen molar-refractivity contribution in [2.75, 3.05) is 19.6 Å². The SMILES string of the molecule is CCC(CC)(CC)CNC(=O)CC(C)C1CCCNC1. The summed E-state index contributed by atoms with van der Waals surface area (Å²) in [6.07, 6.45) is 6.62. The summed E-state index contributed by atoms with van der Waals surface area (Å²) < 4.78 is 0. The van der Waals surface area contributed by atoms with E-state index < -0.39 is 0 Å². The Morgan fingerprint density at radius 3 is 2.45 bits per heavy atom. The number of rotatable bonds is 8. The Balaban J connectivity index is 2.35. The van der Waals surface area contributed by atoms with E-state index in [2.05, 4.69) is 38.3 Å². The Bertz CT molecular complexity index is 272. The molecule has 20 heavy (non-hydrogen) atoms. The molecular weight excluding hydrogens is 248 g/mol. The van der Waals surface area contributed by atoms with E-state index in [0.717, 1.165) is 38.9 Å². The molecule has 0 bridgehead atoms. The summed E-state index contributed by atoms with van der Waals surface area (Å²) in [6, 6.07) is 0. The molecule has 0 saturated carbocycles. The van der Waals surface area contributed by atoms with E-state index in [1.165, 1.54) is 12.8 Å². The van der Waals surface area contributed by atoms with Crippen molar-refractivity contribution in [2.45, 2.75) is 66.2 Å². The molecule has 2 unspecified atom stereocenters. The average molecular weight is 282 g/mol. The minimum Gasteiger partial charge on any atom is -0.356 e. The summed E-state index contributed by atoms with van der Waals surface area (Å²) in [5, 5.41) is 6.63. The van der Waals surface area contributed by atoms with Crippen LogP contribution in [-0.2, 0) is 4.79 Å². The monoisotopic (exact) mass is 282 g/mol. The van der Waals surface area contributed by atoms with E-state index >= 15 is 0 Å². The molecule has 0 aromatic heterocycles. The highest BCUT2D eigenvalue weighted by Gasteiger charge is 2.26. The number of hydrogen-bond acceptors (Lipinski definition) is 2. The topological polar surface area (TPSA) is 41.1 Å². The van der Waals surface area contributed by atoms with Crippen LogP contribution >= 0.6 is 0 Å². The maximum absolute atomic E-state index is 12.2. The van der Waals surface area contributed by atoms with Gasteiger partial charge in [0.15, 0.2) is 0 Å². The minimum atomic E-state index is 0.239. The summed E-state index contributed by atoms with van der Waals surface area (Å²) in [5.74, 6) is 1.40. The maximum atomic E-state index is 12.2.